The first-order chi connectivity index (χ1) is 15.0. The van der Waals surface area contributed by atoms with Gasteiger partial charge >= 0.3 is 0 Å². The standard InChI is InChI=1S/C14H12FN3O.C8H18N2.C2H6.H2/c1-9-5-6-18-14(17-9)12(8-16-18)11-7-10(19-2)3-4-13(11)15;1-3-4-10-7-5-9(2)6-8-10;1-2;/h3-8H,1-2H3;3-8H2,1-2H3;1-2H3;1H. The van der Waals surface area contributed by atoms with E-state index in [2.05, 4.69) is 33.9 Å². The average molecular weight is 432 g/mol. The van der Waals surface area contributed by atoms with E-state index < -0.39 is 0 Å². The molecule has 1 aromatic carbocycles. The van der Waals surface area contributed by atoms with Crippen molar-refractivity contribution in [1.29, 1.82) is 0 Å². The summed E-state index contributed by atoms with van der Waals surface area (Å²) in [5.74, 6) is 0.280. The summed E-state index contributed by atoms with van der Waals surface area (Å²) < 4.78 is 20.7. The SMILES string of the molecule is CC.CCCN1CCN(C)CC1.COc1ccc(F)c(-c2cnn3ccc(C)nc23)c1.[HH]. The lowest BCUT2D eigenvalue weighted by Crippen LogP contribution is -2.44. The van der Waals surface area contributed by atoms with E-state index in [1.54, 1.807) is 36.2 Å². The minimum Gasteiger partial charge on any atom is -0.497 e. The number of aromatic nitrogens is 3. The van der Waals surface area contributed by atoms with Crippen molar-refractivity contribution >= 4 is 5.65 Å². The fraction of sp³-hybridized carbons (Fsp3) is 0.500. The van der Waals surface area contributed by atoms with Gasteiger partial charge in [-0.05, 0) is 51.2 Å². The van der Waals surface area contributed by atoms with Gasteiger partial charge in [-0.1, -0.05) is 20.8 Å². The number of nitrogens with zero attached hydrogens (tertiary/aromatic N) is 5. The fourth-order valence-electron chi connectivity index (χ4n) is 3.37. The van der Waals surface area contributed by atoms with E-state index in [0.29, 0.717) is 22.5 Å². The molecule has 172 valence electrons. The quantitative estimate of drug-likeness (QED) is 0.596. The van der Waals surface area contributed by atoms with Crippen LogP contribution in [0, 0.1) is 12.7 Å². The number of likely N-dealkylation sites (N-methyl/N-ethyl adjacent to an activating group) is 1. The lowest BCUT2D eigenvalue weighted by Gasteiger charge is -2.31. The Morgan fingerprint density at radius 1 is 1.10 bits per heavy atom. The number of benzene rings is 1. The van der Waals surface area contributed by atoms with E-state index in [0.717, 1.165) is 5.69 Å². The third-order valence-corrected chi connectivity index (χ3v) is 5.11. The van der Waals surface area contributed by atoms with Gasteiger partial charge in [-0.15, -0.1) is 0 Å². The molecule has 0 spiro atoms. The highest BCUT2D eigenvalue weighted by molar-refractivity contribution is 5.78. The van der Waals surface area contributed by atoms with Gasteiger partial charge in [0.1, 0.15) is 11.6 Å². The molecular weight excluding hydrogens is 393 g/mol. The van der Waals surface area contributed by atoms with Crippen molar-refractivity contribution in [3.05, 3.63) is 48.2 Å². The maximum absolute atomic E-state index is 14.0. The average Bonchev–Trinajstić information content (AvgIpc) is 3.20. The van der Waals surface area contributed by atoms with E-state index in [1.165, 1.54) is 45.2 Å². The second-order valence-corrected chi connectivity index (χ2v) is 7.39. The number of ether oxygens (including phenoxy) is 1. The topological polar surface area (TPSA) is 45.9 Å². The summed E-state index contributed by atoms with van der Waals surface area (Å²) in [6, 6.07) is 6.47. The molecule has 3 heterocycles. The van der Waals surface area contributed by atoms with E-state index >= 15 is 0 Å². The second-order valence-electron chi connectivity index (χ2n) is 7.39. The van der Waals surface area contributed by atoms with Crippen LogP contribution in [-0.4, -0.2) is 71.3 Å². The second kappa shape index (κ2) is 12.4. The van der Waals surface area contributed by atoms with Crippen molar-refractivity contribution in [3.8, 4) is 16.9 Å². The molecule has 6 nitrogen and oxygen atoms in total. The third-order valence-electron chi connectivity index (χ3n) is 5.11. The lowest BCUT2D eigenvalue weighted by atomic mass is 10.1. The Morgan fingerprint density at radius 3 is 2.45 bits per heavy atom. The lowest BCUT2D eigenvalue weighted by molar-refractivity contribution is 0.154. The van der Waals surface area contributed by atoms with Crippen LogP contribution in [0.1, 0.15) is 34.3 Å². The smallest absolute Gasteiger partial charge is 0.163 e. The molecule has 0 atom stereocenters. The number of halogens is 1. The van der Waals surface area contributed by atoms with Gasteiger partial charge in [0.2, 0.25) is 0 Å². The maximum atomic E-state index is 14.0. The van der Waals surface area contributed by atoms with E-state index in [-0.39, 0.29) is 7.24 Å². The first-order valence-electron chi connectivity index (χ1n) is 11.1. The third kappa shape index (κ3) is 6.74. The van der Waals surface area contributed by atoms with E-state index in [1.807, 2.05) is 26.8 Å². The summed E-state index contributed by atoms with van der Waals surface area (Å²) in [5.41, 5.74) is 2.58. The predicted octanol–water partition coefficient (Wildman–Crippen LogP) is 4.77. The summed E-state index contributed by atoms with van der Waals surface area (Å²) in [6.45, 7) is 14.5. The van der Waals surface area contributed by atoms with Crippen LogP contribution in [0.2, 0.25) is 0 Å². The molecule has 0 N–H and O–H groups in total. The van der Waals surface area contributed by atoms with Crippen LogP contribution in [-0.2, 0) is 0 Å². The molecule has 2 aromatic heterocycles. The highest BCUT2D eigenvalue weighted by Crippen LogP contribution is 2.29. The van der Waals surface area contributed by atoms with Crippen LogP contribution < -0.4 is 4.74 Å². The minimum absolute atomic E-state index is 0. The zero-order valence-electron chi connectivity index (χ0n) is 19.7. The summed E-state index contributed by atoms with van der Waals surface area (Å²) >= 11 is 0. The highest BCUT2D eigenvalue weighted by Gasteiger charge is 2.13. The number of rotatable bonds is 4. The number of methoxy groups -OCH3 is 1. The van der Waals surface area contributed by atoms with Crippen molar-refractivity contribution < 1.29 is 10.6 Å². The van der Waals surface area contributed by atoms with Gasteiger partial charge in [-0.2, -0.15) is 5.10 Å². The molecule has 0 saturated carbocycles. The molecule has 1 aliphatic heterocycles. The summed E-state index contributed by atoms with van der Waals surface area (Å²) in [4.78, 5) is 9.34. The van der Waals surface area contributed by atoms with Gasteiger partial charge in [-0.3, -0.25) is 0 Å². The van der Waals surface area contributed by atoms with Gasteiger partial charge in [0.25, 0.3) is 0 Å². The number of aryl methyl sites for hydroxylation is 1. The fourth-order valence-corrected chi connectivity index (χ4v) is 3.37. The number of piperazine rings is 1. The summed E-state index contributed by atoms with van der Waals surface area (Å²) in [5, 5.41) is 4.18. The van der Waals surface area contributed by atoms with Gasteiger partial charge in [0.05, 0.1) is 13.3 Å². The van der Waals surface area contributed by atoms with Gasteiger partial charge < -0.3 is 14.5 Å². The largest absolute Gasteiger partial charge is 0.497 e. The van der Waals surface area contributed by atoms with Crippen LogP contribution in [0.25, 0.3) is 16.8 Å². The normalized spacial score (nSPS) is 14.4. The highest BCUT2D eigenvalue weighted by atomic mass is 19.1. The van der Waals surface area contributed by atoms with Crippen LogP contribution in [0.5, 0.6) is 5.75 Å². The zero-order chi connectivity index (χ0) is 22.8. The van der Waals surface area contributed by atoms with Crippen molar-refractivity contribution in [3.63, 3.8) is 0 Å². The number of hydrogen-bond donors (Lipinski definition) is 0. The van der Waals surface area contributed by atoms with Gasteiger partial charge in [0.15, 0.2) is 5.65 Å². The molecule has 3 aromatic rings. The van der Waals surface area contributed by atoms with Gasteiger partial charge in [0, 0.05) is 50.6 Å². The Bertz CT molecular complexity index is 941. The van der Waals surface area contributed by atoms with Crippen molar-refractivity contribution in [2.24, 2.45) is 0 Å². The van der Waals surface area contributed by atoms with Crippen LogP contribution in [0.15, 0.2) is 36.7 Å². The zero-order valence-corrected chi connectivity index (χ0v) is 19.7. The van der Waals surface area contributed by atoms with Crippen LogP contribution >= 0.6 is 0 Å². The first-order valence-corrected chi connectivity index (χ1v) is 11.1. The molecule has 0 amide bonds. The molecular formula is C24H38FN5O. The molecule has 0 bridgehead atoms. The molecule has 0 unspecified atom stereocenters. The first kappa shape index (κ1) is 24.8. The minimum atomic E-state index is -0.320. The Kier molecular flexibility index (Phi) is 9.88. The Balaban J connectivity index is 0.000000337. The maximum Gasteiger partial charge on any atom is 0.163 e. The monoisotopic (exact) mass is 431 g/mol. The van der Waals surface area contributed by atoms with E-state index in [9.17, 15) is 4.39 Å². The Hall–Kier alpha value is -2.51. The van der Waals surface area contributed by atoms with Gasteiger partial charge in [-0.25, -0.2) is 13.9 Å². The molecule has 0 radical (unpaired) electrons. The molecule has 1 aliphatic rings. The molecule has 1 fully saturated rings. The van der Waals surface area contributed by atoms with Crippen LogP contribution in [0.3, 0.4) is 0 Å². The summed E-state index contributed by atoms with van der Waals surface area (Å²) in [6.07, 6.45) is 4.71. The predicted molar refractivity (Wildman–Crippen MR) is 127 cm³/mol. The number of fused-ring (bicyclic) bond motifs is 1. The van der Waals surface area contributed by atoms with E-state index in [4.69, 9.17) is 4.74 Å². The summed E-state index contributed by atoms with van der Waals surface area (Å²) in [7, 11) is 3.75. The Morgan fingerprint density at radius 2 is 1.81 bits per heavy atom. The molecule has 0 aliphatic carbocycles. The van der Waals surface area contributed by atoms with Crippen molar-refractivity contribution in [2.45, 2.75) is 34.1 Å². The molecule has 31 heavy (non-hydrogen) atoms. The Labute approximate surface area is 187 Å². The molecule has 7 heteroatoms. The van der Waals surface area contributed by atoms with Crippen LogP contribution in [0.4, 0.5) is 4.39 Å². The molecule has 1 saturated heterocycles. The molecule has 4 rings (SSSR count). The number of hydrogen-bond acceptors (Lipinski definition) is 5. The van der Waals surface area contributed by atoms with Crippen molar-refractivity contribution in [2.75, 3.05) is 46.9 Å². The van der Waals surface area contributed by atoms with Crippen molar-refractivity contribution in [1.82, 2.24) is 24.4 Å².